The molecule has 1 N–H and O–H groups in total. The van der Waals surface area contributed by atoms with Crippen LogP contribution in [0.4, 0.5) is 10.2 Å². The third kappa shape index (κ3) is 3.12. The maximum absolute atomic E-state index is 13.8. The maximum atomic E-state index is 13.8. The number of rotatable bonds is 4. The molecule has 94 valence electrons. The average Bonchev–Trinajstić information content (AvgIpc) is 2.30. The van der Waals surface area contributed by atoms with Gasteiger partial charge in [0.1, 0.15) is 12.4 Å². The standard InChI is InChI=1S/C11H17FN4O/c1-5-8-9(12)10(14-6-13-8)15-7(2)11(17)16(3)4/h6-7H,5H2,1-4H3,(H,13,14,15). The van der Waals surface area contributed by atoms with Crippen LogP contribution in [0.5, 0.6) is 0 Å². The van der Waals surface area contributed by atoms with E-state index in [1.165, 1.54) is 11.2 Å². The van der Waals surface area contributed by atoms with Crippen LogP contribution in [0.2, 0.25) is 0 Å². The number of anilines is 1. The minimum absolute atomic E-state index is 0.0690. The average molecular weight is 240 g/mol. The number of carbonyl (C=O) groups is 1. The number of halogens is 1. The molecule has 1 rings (SSSR count). The number of aryl methyl sites for hydroxylation is 1. The Labute approximate surface area is 100 Å². The summed E-state index contributed by atoms with van der Waals surface area (Å²) in [4.78, 5) is 20.7. The zero-order valence-electron chi connectivity index (χ0n) is 10.5. The number of amides is 1. The molecule has 0 aliphatic rings. The van der Waals surface area contributed by atoms with Crippen molar-refractivity contribution in [2.24, 2.45) is 0 Å². The third-order valence-electron chi connectivity index (χ3n) is 2.36. The van der Waals surface area contributed by atoms with Crippen LogP contribution in [0.3, 0.4) is 0 Å². The normalized spacial score (nSPS) is 12.1. The van der Waals surface area contributed by atoms with Crippen molar-refractivity contribution in [3.05, 3.63) is 17.8 Å². The molecule has 1 amide bonds. The number of hydrogen-bond acceptors (Lipinski definition) is 4. The molecule has 1 unspecified atom stereocenters. The van der Waals surface area contributed by atoms with Crippen LogP contribution in [0.1, 0.15) is 19.5 Å². The van der Waals surface area contributed by atoms with Crippen molar-refractivity contribution in [2.45, 2.75) is 26.3 Å². The number of nitrogens with one attached hydrogen (secondary N) is 1. The van der Waals surface area contributed by atoms with Crippen molar-refractivity contribution in [2.75, 3.05) is 19.4 Å². The zero-order valence-corrected chi connectivity index (χ0v) is 10.5. The van der Waals surface area contributed by atoms with E-state index in [0.717, 1.165) is 0 Å². The van der Waals surface area contributed by atoms with Crippen LogP contribution in [0.25, 0.3) is 0 Å². The summed E-state index contributed by atoms with van der Waals surface area (Å²) in [6.07, 6.45) is 1.77. The van der Waals surface area contributed by atoms with Crippen LogP contribution in [-0.4, -0.2) is 40.9 Å². The van der Waals surface area contributed by atoms with Gasteiger partial charge < -0.3 is 10.2 Å². The van der Waals surface area contributed by atoms with Crippen molar-refractivity contribution >= 4 is 11.7 Å². The van der Waals surface area contributed by atoms with Crippen molar-refractivity contribution in [1.29, 1.82) is 0 Å². The van der Waals surface area contributed by atoms with Gasteiger partial charge in [0.05, 0.1) is 5.69 Å². The smallest absolute Gasteiger partial charge is 0.244 e. The fourth-order valence-corrected chi connectivity index (χ4v) is 1.41. The predicted octanol–water partition coefficient (Wildman–Crippen LogP) is 1.07. The molecule has 0 bridgehead atoms. The SMILES string of the molecule is CCc1ncnc(NC(C)C(=O)N(C)C)c1F. The monoisotopic (exact) mass is 240 g/mol. The van der Waals surface area contributed by atoms with Gasteiger partial charge in [-0.1, -0.05) is 6.92 Å². The van der Waals surface area contributed by atoms with Gasteiger partial charge in [0.2, 0.25) is 5.91 Å². The second-order valence-electron chi connectivity index (χ2n) is 3.94. The first-order chi connectivity index (χ1) is 7.97. The summed E-state index contributed by atoms with van der Waals surface area (Å²) in [5, 5.41) is 2.75. The number of nitrogens with zero attached hydrogens (tertiary/aromatic N) is 3. The summed E-state index contributed by atoms with van der Waals surface area (Å²) >= 11 is 0. The zero-order chi connectivity index (χ0) is 13.0. The van der Waals surface area contributed by atoms with E-state index in [2.05, 4.69) is 15.3 Å². The molecule has 5 nitrogen and oxygen atoms in total. The van der Waals surface area contributed by atoms with E-state index < -0.39 is 11.9 Å². The highest BCUT2D eigenvalue weighted by atomic mass is 19.1. The molecular formula is C11H17FN4O. The van der Waals surface area contributed by atoms with Crippen molar-refractivity contribution in [3.63, 3.8) is 0 Å². The Morgan fingerprint density at radius 3 is 2.71 bits per heavy atom. The molecule has 0 spiro atoms. The predicted molar refractivity (Wildman–Crippen MR) is 63.1 cm³/mol. The lowest BCUT2D eigenvalue weighted by atomic mass is 10.2. The van der Waals surface area contributed by atoms with E-state index >= 15 is 0 Å². The van der Waals surface area contributed by atoms with Gasteiger partial charge in [-0.05, 0) is 13.3 Å². The molecule has 1 heterocycles. The van der Waals surface area contributed by atoms with E-state index in [9.17, 15) is 9.18 Å². The molecule has 0 saturated heterocycles. The first-order valence-electron chi connectivity index (χ1n) is 5.44. The summed E-state index contributed by atoms with van der Waals surface area (Å²) < 4.78 is 13.8. The van der Waals surface area contributed by atoms with Gasteiger partial charge in [-0.3, -0.25) is 4.79 Å². The van der Waals surface area contributed by atoms with Crippen molar-refractivity contribution in [3.8, 4) is 0 Å². The van der Waals surface area contributed by atoms with E-state index in [1.54, 1.807) is 21.0 Å². The third-order valence-corrected chi connectivity index (χ3v) is 2.36. The minimum Gasteiger partial charge on any atom is -0.356 e. The van der Waals surface area contributed by atoms with E-state index in [1.807, 2.05) is 6.92 Å². The molecule has 0 aromatic carbocycles. The van der Waals surface area contributed by atoms with Crippen molar-refractivity contribution in [1.82, 2.24) is 14.9 Å². The highest BCUT2D eigenvalue weighted by Gasteiger charge is 2.18. The number of carbonyl (C=O) groups excluding carboxylic acids is 1. The molecule has 6 heteroatoms. The Morgan fingerprint density at radius 2 is 2.18 bits per heavy atom. The largest absolute Gasteiger partial charge is 0.356 e. The fourth-order valence-electron chi connectivity index (χ4n) is 1.41. The molecule has 17 heavy (non-hydrogen) atoms. The molecule has 0 aliphatic carbocycles. The molecule has 0 radical (unpaired) electrons. The quantitative estimate of drug-likeness (QED) is 0.855. The van der Waals surface area contributed by atoms with Gasteiger partial charge in [-0.15, -0.1) is 0 Å². The van der Waals surface area contributed by atoms with Crippen LogP contribution in [0, 0.1) is 5.82 Å². The number of likely N-dealkylation sites (N-methyl/N-ethyl adjacent to an activating group) is 1. The maximum Gasteiger partial charge on any atom is 0.244 e. The van der Waals surface area contributed by atoms with Gasteiger partial charge in [-0.25, -0.2) is 14.4 Å². The topological polar surface area (TPSA) is 58.1 Å². The Kier molecular flexibility index (Phi) is 4.37. The van der Waals surface area contributed by atoms with E-state index in [0.29, 0.717) is 12.1 Å². The first kappa shape index (κ1) is 13.3. The highest BCUT2D eigenvalue weighted by Crippen LogP contribution is 2.14. The highest BCUT2D eigenvalue weighted by molar-refractivity contribution is 5.83. The molecule has 1 aromatic heterocycles. The fraction of sp³-hybridized carbons (Fsp3) is 0.545. The van der Waals surface area contributed by atoms with Gasteiger partial charge in [0.15, 0.2) is 11.6 Å². The molecule has 1 aromatic rings. The summed E-state index contributed by atoms with van der Waals surface area (Å²) in [7, 11) is 3.29. The van der Waals surface area contributed by atoms with Crippen LogP contribution in [-0.2, 0) is 11.2 Å². The van der Waals surface area contributed by atoms with Crippen LogP contribution < -0.4 is 5.32 Å². The van der Waals surface area contributed by atoms with Crippen molar-refractivity contribution < 1.29 is 9.18 Å². The lowest BCUT2D eigenvalue weighted by Gasteiger charge is -2.18. The Hall–Kier alpha value is -1.72. The van der Waals surface area contributed by atoms with Crippen LogP contribution >= 0.6 is 0 Å². The number of aromatic nitrogens is 2. The van der Waals surface area contributed by atoms with Gasteiger partial charge in [0.25, 0.3) is 0 Å². The molecule has 0 aliphatic heterocycles. The summed E-state index contributed by atoms with van der Waals surface area (Å²) in [6, 6.07) is -0.529. The minimum atomic E-state index is -0.529. The van der Waals surface area contributed by atoms with E-state index in [4.69, 9.17) is 0 Å². The second-order valence-corrected chi connectivity index (χ2v) is 3.94. The molecule has 0 fully saturated rings. The Bertz CT molecular complexity index is 408. The summed E-state index contributed by atoms with van der Waals surface area (Å²) in [6.45, 7) is 3.47. The lowest BCUT2D eigenvalue weighted by molar-refractivity contribution is -0.129. The van der Waals surface area contributed by atoms with Gasteiger partial charge in [0, 0.05) is 14.1 Å². The summed E-state index contributed by atoms with van der Waals surface area (Å²) in [5.74, 6) is -0.561. The number of hydrogen-bond donors (Lipinski definition) is 1. The van der Waals surface area contributed by atoms with Crippen LogP contribution in [0.15, 0.2) is 6.33 Å². The summed E-state index contributed by atoms with van der Waals surface area (Å²) in [5.41, 5.74) is 0.340. The molecular weight excluding hydrogens is 223 g/mol. The van der Waals surface area contributed by atoms with Gasteiger partial charge in [-0.2, -0.15) is 0 Å². The van der Waals surface area contributed by atoms with Gasteiger partial charge >= 0.3 is 0 Å². The Balaban J connectivity index is 2.85. The lowest BCUT2D eigenvalue weighted by Crippen LogP contribution is -2.37. The molecule has 0 saturated carbocycles. The first-order valence-corrected chi connectivity index (χ1v) is 5.44. The molecule has 1 atom stereocenters. The Morgan fingerprint density at radius 1 is 1.53 bits per heavy atom. The second kappa shape index (κ2) is 5.56. The van der Waals surface area contributed by atoms with E-state index in [-0.39, 0.29) is 11.7 Å².